The molecule has 0 saturated heterocycles. The zero-order valence-corrected chi connectivity index (χ0v) is 28.1. The van der Waals surface area contributed by atoms with Crippen LogP contribution in [0.1, 0.15) is 79.4 Å². The zero-order chi connectivity index (χ0) is 35.4. The largest absolute Gasteiger partial charge is 0.494 e. The number of halogens is 1. The number of hydrogen-bond acceptors (Lipinski definition) is 8. The van der Waals surface area contributed by atoms with Gasteiger partial charge in [0.1, 0.15) is 22.9 Å². The number of carbonyl (C=O) groups excluding carboxylic acids is 4. The van der Waals surface area contributed by atoms with Crippen LogP contribution in [0.2, 0.25) is 0 Å². The van der Waals surface area contributed by atoms with Gasteiger partial charge in [-0.25, -0.2) is 9.18 Å². The second-order valence-electron chi connectivity index (χ2n) is 10.9. The molecule has 1 aromatic heterocycles. The molecule has 15 heteroatoms. The van der Waals surface area contributed by atoms with E-state index in [1.165, 1.54) is 49.4 Å². The Morgan fingerprint density at radius 3 is 2.44 bits per heavy atom. The highest BCUT2D eigenvalue weighted by molar-refractivity contribution is 7.60. The highest BCUT2D eigenvalue weighted by Crippen LogP contribution is 2.37. The third-order valence-electron chi connectivity index (χ3n) is 7.55. The van der Waals surface area contributed by atoms with Gasteiger partial charge in [-0.15, -0.1) is 0 Å². The summed E-state index contributed by atoms with van der Waals surface area (Å²) in [5.74, 6) is -3.69. The Morgan fingerprint density at radius 2 is 1.81 bits per heavy atom. The molecule has 2 unspecified atom stereocenters. The highest BCUT2D eigenvalue weighted by Gasteiger charge is 2.34. The summed E-state index contributed by atoms with van der Waals surface area (Å²) < 4.78 is 37.3. The van der Waals surface area contributed by atoms with Crippen LogP contribution >= 0.6 is 7.60 Å². The lowest BCUT2D eigenvalue weighted by atomic mass is 9.90. The van der Waals surface area contributed by atoms with Crippen LogP contribution in [-0.2, 0) is 19.0 Å². The summed E-state index contributed by atoms with van der Waals surface area (Å²) in [6.07, 6.45) is 3.14. The molecule has 48 heavy (non-hydrogen) atoms. The molecule has 1 heterocycles. The molecular weight excluding hydrogens is 648 g/mol. The van der Waals surface area contributed by atoms with E-state index in [1.807, 2.05) is 6.92 Å². The minimum absolute atomic E-state index is 0.132. The van der Waals surface area contributed by atoms with Gasteiger partial charge in [0.25, 0.3) is 5.91 Å². The molecule has 13 nitrogen and oxygen atoms in total. The second kappa shape index (κ2) is 17.6. The van der Waals surface area contributed by atoms with Gasteiger partial charge in [-0.3, -0.25) is 18.9 Å². The molecule has 0 spiro atoms. The predicted octanol–water partition coefficient (Wildman–Crippen LogP) is 4.60. The summed E-state index contributed by atoms with van der Waals surface area (Å²) in [4.78, 5) is 75.8. The summed E-state index contributed by atoms with van der Waals surface area (Å²) in [5, 5.41) is 5.62. The first kappa shape index (κ1) is 37.9. The summed E-state index contributed by atoms with van der Waals surface area (Å²) in [7, 11) is -4.62. The van der Waals surface area contributed by atoms with Gasteiger partial charge in [0.2, 0.25) is 12.3 Å². The number of amides is 3. The van der Waals surface area contributed by atoms with Crippen molar-refractivity contribution >= 4 is 37.1 Å². The zero-order valence-electron chi connectivity index (χ0n) is 27.2. The Bertz CT molecular complexity index is 1620. The Morgan fingerprint density at radius 1 is 1.06 bits per heavy atom. The molecule has 0 aliphatic heterocycles. The van der Waals surface area contributed by atoms with E-state index in [0.717, 1.165) is 24.0 Å². The number of aryl methyl sites for hydroxylation is 1. The van der Waals surface area contributed by atoms with E-state index in [4.69, 9.17) is 14.0 Å². The molecule has 0 aliphatic carbocycles. The molecule has 3 rings (SSSR count). The fourth-order valence-corrected chi connectivity index (χ4v) is 5.74. The highest BCUT2D eigenvalue weighted by atomic mass is 31.2. The number of unbranched alkanes of at least 4 members (excludes halogenated alkanes) is 2. The van der Waals surface area contributed by atoms with Crippen molar-refractivity contribution in [2.45, 2.75) is 65.8 Å². The van der Waals surface area contributed by atoms with Gasteiger partial charge in [0.15, 0.2) is 5.76 Å². The summed E-state index contributed by atoms with van der Waals surface area (Å²) in [5.41, 5.74) is 0.275. The van der Waals surface area contributed by atoms with Gasteiger partial charge in [0.05, 0.1) is 30.5 Å². The Labute approximate surface area is 277 Å². The van der Waals surface area contributed by atoms with E-state index < -0.39 is 43.2 Å². The van der Waals surface area contributed by atoms with Gasteiger partial charge in [0, 0.05) is 5.56 Å². The van der Waals surface area contributed by atoms with E-state index in [2.05, 4.69) is 10.6 Å². The lowest BCUT2D eigenvalue weighted by Crippen LogP contribution is -2.49. The maximum atomic E-state index is 14.4. The van der Waals surface area contributed by atoms with Crippen molar-refractivity contribution in [2.75, 3.05) is 13.3 Å². The Balaban J connectivity index is 1.71. The molecule has 260 valence electrons. The van der Waals surface area contributed by atoms with Crippen LogP contribution in [0.4, 0.5) is 4.39 Å². The number of nitrogens with zero attached hydrogens (tertiary/aromatic N) is 1. The monoisotopic (exact) mass is 689 g/mol. The normalized spacial score (nSPS) is 12.5. The van der Waals surface area contributed by atoms with Crippen LogP contribution in [-0.4, -0.2) is 58.4 Å². The van der Waals surface area contributed by atoms with E-state index in [9.17, 15) is 37.9 Å². The quantitative estimate of drug-likeness (QED) is 0.0484. The topological polar surface area (TPSA) is 185 Å². The van der Waals surface area contributed by atoms with E-state index in [-0.39, 0.29) is 59.8 Å². The average molecular weight is 690 g/mol. The maximum Gasteiger partial charge on any atom is 0.366 e. The number of furan rings is 1. The number of rotatable bonds is 18. The van der Waals surface area contributed by atoms with Crippen molar-refractivity contribution in [3.05, 3.63) is 71.2 Å². The fourth-order valence-electron chi connectivity index (χ4n) is 5.14. The lowest BCUT2D eigenvalue weighted by Gasteiger charge is -2.32. The molecule has 0 saturated carbocycles. The standard InChI is InChI=1S/C33H41FN3O10P/c1-5-8-9-12-25(27(6-2)37(20-38)47-33(41)30-21(4)11-10-13-26(30)34)31(39)35-19-36-32(40)29-15-14-28(46-29)22-16-23(45-7-3)18-24(17-22)48(42,43)44/h10-11,13-18,20,25,27H,5-9,12,19H2,1-4H3,(H,35,39)(H,36,40)(H2,42,43,44). The number of ether oxygens (including phenoxy) is 1. The average Bonchev–Trinajstić information content (AvgIpc) is 3.54. The van der Waals surface area contributed by atoms with Crippen LogP contribution < -0.4 is 20.7 Å². The van der Waals surface area contributed by atoms with Crippen molar-refractivity contribution in [3.63, 3.8) is 0 Å². The first-order valence-corrected chi connectivity index (χ1v) is 17.2. The van der Waals surface area contributed by atoms with Gasteiger partial charge < -0.3 is 34.4 Å². The summed E-state index contributed by atoms with van der Waals surface area (Å²) in [6.45, 7) is 6.90. The van der Waals surface area contributed by atoms with Crippen LogP contribution in [0, 0.1) is 18.7 Å². The molecule has 0 fully saturated rings. The van der Waals surface area contributed by atoms with Gasteiger partial charge in [-0.05, 0) is 68.7 Å². The molecule has 0 radical (unpaired) electrons. The minimum Gasteiger partial charge on any atom is -0.494 e. The number of benzene rings is 2. The lowest BCUT2D eigenvalue weighted by molar-refractivity contribution is -0.171. The van der Waals surface area contributed by atoms with E-state index >= 15 is 0 Å². The predicted molar refractivity (Wildman–Crippen MR) is 174 cm³/mol. The molecule has 3 aromatic rings. The van der Waals surface area contributed by atoms with Crippen molar-refractivity contribution in [2.24, 2.45) is 5.92 Å². The fraction of sp³-hybridized carbons (Fsp3) is 0.394. The van der Waals surface area contributed by atoms with Crippen molar-refractivity contribution in [1.82, 2.24) is 15.7 Å². The molecule has 0 aliphatic rings. The van der Waals surface area contributed by atoms with Crippen molar-refractivity contribution in [3.8, 4) is 17.1 Å². The van der Waals surface area contributed by atoms with Crippen LogP contribution in [0.3, 0.4) is 0 Å². The van der Waals surface area contributed by atoms with Crippen LogP contribution in [0.15, 0.2) is 52.9 Å². The number of hydrogen-bond donors (Lipinski definition) is 4. The molecular formula is C33H41FN3O10P. The summed E-state index contributed by atoms with van der Waals surface area (Å²) >= 11 is 0. The SMILES string of the molecule is CCCCCC(C(=O)NCNC(=O)c1ccc(-c2cc(OCC)cc(P(=O)(O)O)c2)o1)C(CC)N(C=O)OC(=O)c1c(C)cccc1F. The molecule has 2 atom stereocenters. The number of carbonyl (C=O) groups is 4. The smallest absolute Gasteiger partial charge is 0.366 e. The number of nitrogens with one attached hydrogen (secondary N) is 2. The Hall–Kier alpha value is -4.52. The molecule has 0 bridgehead atoms. The summed E-state index contributed by atoms with van der Waals surface area (Å²) in [6, 6.07) is 10.0. The van der Waals surface area contributed by atoms with Gasteiger partial charge >= 0.3 is 13.6 Å². The third-order valence-corrected chi connectivity index (χ3v) is 8.48. The first-order chi connectivity index (χ1) is 22.8. The second-order valence-corrected chi connectivity index (χ2v) is 12.5. The van der Waals surface area contributed by atoms with Crippen molar-refractivity contribution in [1.29, 1.82) is 0 Å². The molecule has 3 amide bonds. The Kier molecular flexibility index (Phi) is 13.9. The number of hydroxylamine groups is 2. The van der Waals surface area contributed by atoms with E-state index in [0.29, 0.717) is 18.4 Å². The maximum absolute atomic E-state index is 14.4. The van der Waals surface area contributed by atoms with E-state index in [1.54, 1.807) is 13.8 Å². The molecule has 4 N–H and O–H groups in total. The molecule has 2 aromatic carbocycles. The van der Waals surface area contributed by atoms with Crippen LogP contribution in [0.5, 0.6) is 5.75 Å². The van der Waals surface area contributed by atoms with Gasteiger partial charge in [-0.2, -0.15) is 5.06 Å². The van der Waals surface area contributed by atoms with Crippen LogP contribution in [0.25, 0.3) is 11.3 Å². The first-order valence-electron chi connectivity index (χ1n) is 15.6. The van der Waals surface area contributed by atoms with Crippen molar-refractivity contribution < 1.29 is 51.9 Å². The third kappa shape index (κ3) is 9.99. The minimum atomic E-state index is -4.62. The van der Waals surface area contributed by atoms with Gasteiger partial charge in [-0.1, -0.05) is 45.2 Å².